The number of amides is 3. The van der Waals surface area contributed by atoms with Crippen LogP contribution < -0.4 is 15.5 Å². The number of benzene rings is 1. The van der Waals surface area contributed by atoms with Crippen molar-refractivity contribution in [1.82, 2.24) is 24.8 Å². The maximum Gasteiger partial charge on any atom is 0.317 e. The van der Waals surface area contributed by atoms with Crippen LogP contribution in [-0.2, 0) is 4.79 Å². The summed E-state index contributed by atoms with van der Waals surface area (Å²) in [5.41, 5.74) is 0. The molecule has 0 atom stereocenters. The molecule has 0 aliphatic carbocycles. The molecule has 3 heterocycles. The number of hydrogen-bond donors (Lipinski definition) is 2. The van der Waals surface area contributed by atoms with Gasteiger partial charge in [0.2, 0.25) is 11.0 Å². The van der Waals surface area contributed by atoms with Gasteiger partial charge in [-0.25, -0.2) is 4.79 Å². The number of piperazine rings is 1. The number of nitrogens with zero attached hydrogens (tertiary/aromatic N) is 5. The van der Waals surface area contributed by atoms with Crippen molar-refractivity contribution in [3.8, 4) is 0 Å². The molecule has 1 fully saturated rings. The molecule has 1 aromatic carbocycles. The largest absolute Gasteiger partial charge is 0.352 e. The minimum atomic E-state index is -0.322. The number of carbonyl (C=O) groups is 2. The van der Waals surface area contributed by atoms with Gasteiger partial charge in [-0.15, -0.1) is 10.2 Å². The van der Waals surface area contributed by atoms with Gasteiger partial charge in [-0.1, -0.05) is 23.5 Å². The quantitative estimate of drug-likeness (QED) is 0.672. The number of fused-ring (bicyclic) bond motifs is 1. The van der Waals surface area contributed by atoms with Gasteiger partial charge < -0.3 is 15.1 Å². The van der Waals surface area contributed by atoms with E-state index in [4.69, 9.17) is 0 Å². The fraction of sp³-hybridized carbons (Fsp3) is 0.353. The van der Waals surface area contributed by atoms with E-state index in [0.29, 0.717) is 31.3 Å². The Balaban J connectivity index is 1.26. The van der Waals surface area contributed by atoms with Crippen molar-refractivity contribution in [2.24, 2.45) is 0 Å². The first kappa shape index (κ1) is 18.6. The number of urea groups is 1. The molecule has 2 N–H and O–H groups in total. The first-order valence-corrected chi connectivity index (χ1v) is 10.4. The minimum Gasteiger partial charge on any atom is -0.352 e. The van der Waals surface area contributed by atoms with Crippen LogP contribution >= 0.6 is 22.9 Å². The van der Waals surface area contributed by atoms with Crippen LogP contribution in [0.25, 0.3) is 10.1 Å². The highest BCUT2D eigenvalue weighted by Crippen LogP contribution is 2.29. The molecular formula is C17H19N7O2S2. The van der Waals surface area contributed by atoms with Crippen LogP contribution in [0.5, 0.6) is 0 Å². The molecule has 3 amide bonds. The summed E-state index contributed by atoms with van der Waals surface area (Å²) in [6.45, 7) is 4.27. The summed E-state index contributed by atoms with van der Waals surface area (Å²) < 4.78 is 5.74. The van der Waals surface area contributed by atoms with Gasteiger partial charge in [-0.3, -0.25) is 10.1 Å². The number of aryl methyl sites for hydroxylation is 1. The Hall–Kier alpha value is -2.79. The normalized spacial score (nSPS) is 14.3. The molecule has 4 rings (SSSR count). The predicted octanol–water partition coefficient (Wildman–Crippen LogP) is 1.93. The Morgan fingerprint density at radius 2 is 1.93 bits per heavy atom. The van der Waals surface area contributed by atoms with Gasteiger partial charge in [0.25, 0.3) is 0 Å². The van der Waals surface area contributed by atoms with Crippen LogP contribution in [-0.4, -0.2) is 64.1 Å². The lowest BCUT2D eigenvalue weighted by molar-refractivity contribution is -0.115. The highest BCUT2D eigenvalue weighted by molar-refractivity contribution is 7.15. The average molecular weight is 418 g/mol. The van der Waals surface area contributed by atoms with Crippen LogP contribution in [0.2, 0.25) is 0 Å². The van der Waals surface area contributed by atoms with Crippen LogP contribution in [0.3, 0.4) is 0 Å². The molecule has 1 aliphatic heterocycles. The summed E-state index contributed by atoms with van der Waals surface area (Å²) in [4.78, 5) is 28.2. The molecule has 9 nitrogen and oxygen atoms in total. The van der Waals surface area contributed by atoms with Gasteiger partial charge >= 0.3 is 6.03 Å². The zero-order valence-corrected chi connectivity index (χ0v) is 16.8. The highest BCUT2D eigenvalue weighted by Gasteiger charge is 2.24. The van der Waals surface area contributed by atoms with E-state index in [-0.39, 0.29) is 18.5 Å². The van der Waals surface area contributed by atoms with E-state index in [1.54, 1.807) is 4.90 Å². The van der Waals surface area contributed by atoms with Crippen molar-refractivity contribution < 1.29 is 9.59 Å². The van der Waals surface area contributed by atoms with Crippen molar-refractivity contribution >= 4 is 55.8 Å². The standard InChI is InChI=1S/C17H19N7O2S2/c1-11-20-21-16(27-11)19-14(25)10-18-17(26)24-8-6-23(7-9-24)15-12-4-2-3-5-13(12)28-22-15/h2-5H,6-10H2,1H3,(H,18,26)(H,19,21,25). The second-order valence-electron chi connectivity index (χ2n) is 6.31. The van der Waals surface area contributed by atoms with E-state index < -0.39 is 0 Å². The second-order valence-corrected chi connectivity index (χ2v) is 8.30. The summed E-state index contributed by atoms with van der Waals surface area (Å²) in [5.74, 6) is 0.657. The van der Waals surface area contributed by atoms with Crippen molar-refractivity contribution in [3.05, 3.63) is 29.3 Å². The fourth-order valence-corrected chi connectivity index (χ4v) is 4.40. The van der Waals surface area contributed by atoms with Crippen LogP contribution in [0, 0.1) is 6.92 Å². The maximum absolute atomic E-state index is 12.3. The van der Waals surface area contributed by atoms with E-state index in [1.807, 2.05) is 19.1 Å². The first-order chi connectivity index (χ1) is 13.6. The monoisotopic (exact) mass is 417 g/mol. The van der Waals surface area contributed by atoms with Crippen molar-refractivity contribution in [2.75, 3.05) is 42.9 Å². The second kappa shape index (κ2) is 8.07. The third kappa shape index (κ3) is 4.04. The molecule has 0 saturated carbocycles. The molecule has 1 saturated heterocycles. The Kier molecular flexibility index (Phi) is 5.35. The Labute approximate surface area is 169 Å². The summed E-state index contributed by atoms with van der Waals surface area (Å²) in [6.07, 6.45) is 0. The molecular weight excluding hydrogens is 398 g/mol. The zero-order chi connectivity index (χ0) is 19.5. The lowest BCUT2D eigenvalue weighted by Gasteiger charge is -2.35. The molecule has 3 aromatic rings. The van der Waals surface area contributed by atoms with Gasteiger partial charge in [0.1, 0.15) is 10.8 Å². The smallest absolute Gasteiger partial charge is 0.317 e. The van der Waals surface area contributed by atoms with E-state index in [2.05, 4.69) is 42.2 Å². The molecule has 0 spiro atoms. The SMILES string of the molecule is Cc1nnc(NC(=O)CNC(=O)N2CCN(c3nsc4ccccc34)CC2)s1. The van der Waals surface area contributed by atoms with Gasteiger partial charge in [-0.05, 0) is 30.6 Å². The number of hydrogen-bond acceptors (Lipinski definition) is 8. The average Bonchev–Trinajstić information content (AvgIpc) is 3.32. The minimum absolute atomic E-state index is 0.103. The molecule has 0 bridgehead atoms. The molecule has 0 unspecified atom stereocenters. The Morgan fingerprint density at radius 3 is 2.68 bits per heavy atom. The first-order valence-electron chi connectivity index (χ1n) is 8.82. The van der Waals surface area contributed by atoms with E-state index in [0.717, 1.165) is 20.9 Å². The molecule has 1 aliphatic rings. The molecule has 2 aromatic heterocycles. The van der Waals surface area contributed by atoms with Crippen molar-refractivity contribution in [3.63, 3.8) is 0 Å². The third-order valence-electron chi connectivity index (χ3n) is 4.40. The summed E-state index contributed by atoms with van der Waals surface area (Å²) in [7, 11) is 0. The van der Waals surface area contributed by atoms with Crippen LogP contribution in [0.15, 0.2) is 24.3 Å². The number of aromatic nitrogens is 3. The number of anilines is 2. The topological polar surface area (TPSA) is 103 Å². The fourth-order valence-electron chi connectivity index (χ4n) is 3.00. The van der Waals surface area contributed by atoms with Crippen LogP contribution in [0.4, 0.5) is 15.7 Å². The summed E-state index contributed by atoms with van der Waals surface area (Å²) in [6, 6.07) is 7.92. The van der Waals surface area contributed by atoms with Gasteiger partial charge in [0.15, 0.2) is 0 Å². The van der Waals surface area contributed by atoms with E-state index in [9.17, 15) is 9.59 Å². The van der Waals surface area contributed by atoms with E-state index in [1.165, 1.54) is 22.9 Å². The highest BCUT2D eigenvalue weighted by atomic mass is 32.1. The van der Waals surface area contributed by atoms with Gasteiger partial charge in [0, 0.05) is 31.6 Å². The van der Waals surface area contributed by atoms with E-state index >= 15 is 0 Å². The molecule has 0 radical (unpaired) electrons. The van der Waals surface area contributed by atoms with Crippen LogP contribution in [0.1, 0.15) is 5.01 Å². The maximum atomic E-state index is 12.3. The molecule has 28 heavy (non-hydrogen) atoms. The predicted molar refractivity (Wildman–Crippen MR) is 110 cm³/mol. The van der Waals surface area contributed by atoms with Crippen molar-refractivity contribution in [1.29, 1.82) is 0 Å². The Bertz CT molecular complexity index is 994. The zero-order valence-electron chi connectivity index (χ0n) is 15.2. The molecule has 146 valence electrons. The number of nitrogens with one attached hydrogen (secondary N) is 2. The Morgan fingerprint density at radius 1 is 1.14 bits per heavy atom. The molecule has 11 heteroatoms. The van der Waals surface area contributed by atoms with Gasteiger partial charge in [0.05, 0.1) is 11.2 Å². The summed E-state index contributed by atoms with van der Waals surface area (Å²) in [5, 5.41) is 15.3. The lowest BCUT2D eigenvalue weighted by atomic mass is 10.2. The number of carbonyl (C=O) groups excluding carboxylic acids is 2. The lowest BCUT2D eigenvalue weighted by Crippen LogP contribution is -2.52. The third-order valence-corrected chi connectivity index (χ3v) is 5.97. The van der Waals surface area contributed by atoms with Crippen molar-refractivity contribution in [2.45, 2.75) is 6.92 Å². The summed E-state index contributed by atoms with van der Waals surface area (Å²) >= 11 is 2.78. The number of rotatable bonds is 4. The van der Waals surface area contributed by atoms with Gasteiger partial charge in [-0.2, -0.15) is 4.37 Å².